The maximum absolute atomic E-state index is 4.64. The summed E-state index contributed by atoms with van der Waals surface area (Å²) in [6, 6.07) is 12.7. The van der Waals surface area contributed by atoms with E-state index in [0.29, 0.717) is 0 Å². The Morgan fingerprint density at radius 1 is 1.06 bits per heavy atom. The van der Waals surface area contributed by atoms with Crippen LogP contribution in [0.4, 0.5) is 0 Å². The Balaban J connectivity index is 2.32. The first-order valence-electron chi connectivity index (χ1n) is 5.17. The molecule has 1 aromatic carbocycles. The Bertz CT molecular complexity index is 810. The summed E-state index contributed by atoms with van der Waals surface area (Å²) in [6.07, 6.45) is 1.93. The highest BCUT2D eigenvalue weighted by atomic mass is 32.1. The van der Waals surface area contributed by atoms with Crippen LogP contribution in [0.2, 0.25) is 0 Å². The predicted molar refractivity (Wildman–Crippen MR) is 69.0 cm³/mol. The van der Waals surface area contributed by atoms with Crippen molar-refractivity contribution in [2.24, 2.45) is 0 Å². The number of thiophene rings is 1. The number of fused-ring (bicyclic) bond motifs is 4. The number of hydrogen-bond donors (Lipinski definition) is 1. The lowest BCUT2D eigenvalue weighted by Gasteiger charge is -1.91. The number of aromatic nitrogens is 2. The summed E-state index contributed by atoms with van der Waals surface area (Å²) in [5, 5.41) is 3.74. The molecule has 0 aliphatic rings. The van der Waals surface area contributed by atoms with Crippen LogP contribution in [0.25, 0.3) is 31.3 Å². The second kappa shape index (κ2) is 2.83. The summed E-state index contributed by atoms with van der Waals surface area (Å²) >= 11 is 1.75. The number of H-pyrrole nitrogens is 1. The van der Waals surface area contributed by atoms with Crippen molar-refractivity contribution in [3.63, 3.8) is 0 Å². The van der Waals surface area contributed by atoms with Gasteiger partial charge in [0.05, 0.1) is 0 Å². The zero-order valence-electron chi connectivity index (χ0n) is 8.40. The maximum atomic E-state index is 4.64. The molecule has 3 aromatic heterocycles. The van der Waals surface area contributed by atoms with E-state index < -0.39 is 0 Å². The third-order valence-electron chi connectivity index (χ3n) is 2.88. The fourth-order valence-electron chi connectivity index (χ4n) is 2.12. The van der Waals surface area contributed by atoms with Crippen LogP contribution in [0.5, 0.6) is 0 Å². The van der Waals surface area contributed by atoms with E-state index in [9.17, 15) is 0 Å². The van der Waals surface area contributed by atoms with E-state index in [1.54, 1.807) is 11.3 Å². The lowest BCUT2D eigenvalue weighted by molar-refractivity contribution is 1.38. The summed E-state index contributed by atoms with van der Waals surface area (Å²) in [4.78, 5) is 8.90. The minimum absolute atomic E-state index is 0.971. The van der Waals surface area contributed by atoms with Crippen molar-refractivity contribution in [1.82, 2.24) is 9.97 Å². The van der Waals surface area contributed by atoms with Gasteiger partial charge in [-0.1, -0.05) is 18.2 Å². The van der Waals surface area contributed by atoms with Crippen LogP contribution < -0.4 is 0 Å². The second-order valence-electron chi connectivity index (χ2n) is 3.85. The van der Waals surface area contributed by atoms with Gasteiger partial charge < -0.3 is 4.98 Å². The zero-order valence-corrected chi connectivity index (χ0v) is 9.21. The number of rotatable bonds is 0. The molecule has 0 amide bonds. The molecular formula is C13H8N2S. The molecule has 0 aliphatic carbocycles. The molecule has 76 valence electrons. The predicted octanol–water partition coefficient (Wildman–Crippen LogP) is 3.93. The third-order valence-corrected chi connectivity index (χ3v) is 3.96. The molecular weight excluding hydrogens is 216 g/mol. The van der Waals surface area contributed by atoms with Gasteiger partial charge in [-0.25, -0.2) is 4.98 Å². The van der Waals surface area contributed by atoms with Gasteiger partial charge in [0.1, 0.15) is 10.5 Å². The zero-order chi connectivity index (χ0) is 10.5. The smallest absolute Gasteiger partial charge is 0.138 e. The van der Waals surface area contributed by atoms with E-state index >= 15 is 0 Å². The Hall–Kier alpha value is -1.87. The van der Waals surface area contributed by atoms with Crippen molar-refractivity contribution in [1.29, 1.82) is 0 Å². The number of nitrogens with zero attached hydrogens (tertiary/aromatic N) is 1. The minimum Gasteiger partial charge on any atom is -0.346 e. The Kier molecular flexibility index (Phi) is 1.47. The second-order valence-corrected chi connectivity index (χ2v) is 4.89. The molecule has 0 radical (unpaired) electrons. The third kappa shape index (κ3) is 0.981. The van der Waals surface area contributed by atoms with Crippen molar-refractivity contribution < 1.29 is 0 Å². The van der Waals surface area contributed by atoms with Crippen molar-refractivity contribution in [2.75, 3.05) is 0 Å². The lowest BCUT2D eigenvalue weighted by atomic mass is 10.2. The Morgan fingerprint density at radius 2 is 2.00 bits per heavy atom. The van der Waals surface area contributed by atoms with Gasteiger partial charge in [0.15, 0.2) is 0 Å². The first kappa shape index (κ1) is 8.30. The monoisotopic (exact) mass is 224 g/mol. The van der Waals surface area contributed by atoms with Crippen LogP contribution in [-0.4, -0.2) is 9.97 Å². The standard InChI is InChI=1S/C13H8N2S/c1-2-4-11-9(3-1)10-7-8-5-6-14-12(8)15-13(10)16-11/h1-7H,(H,14,15). The van der Waals surface area contributed by atoms with Gasteiger partial charge in [-0.3, -0.25) is 0 Å². The molecule has 0 spiro atoms. The Morgan fingerprint density at radius 3 is 3.00 bits per heavy atom. The van der Waals surface area contributed by atoms with Crippen molar-refractivity contribution in [3.05, 3.63) is 42.6 Å². The van der Waals surface area contributed by atoms with Gasteiger partial charge in [0.25, 0.3) is 0 Å². The average molecular weight is 224 g/mol. The highest BCUT2D eigenvalue weighted by molar-refractivity contribution is 7.25. The molecule has 0 aliphatic heterocycles. The summed E-state index contributed by atoms with van der Waals surface area (Å²) in [5.41, 5.74) is 0.971. The van der Waals surface area contributed by atoms with E-state index in [-0.39, 0.29) is 0 Å². The summed E-state index contributed by atoms with van der Waals surface area (Å²) < 4.78 is 1.30. The highest BCUT2D eigenvalue weighted by Gasteiger charge is 2.07. The highest BCUT2D eigenvalue weighted by Crippen LogP contribution is 2.33. The molecule has 0 fully saturated rings. The molecule has 2 nitrogen and oxygen atoms in total. The summed E-state index contributed by atoms with van der Waals surface area (Å²) in [7, 11) is 0. The van der Waals surface area contributed by atoms with Gasteiger partial charge >= 0.3 is 0 Å². The first-order chi connectivity index (χ1) is 7.92. The van der Waals surface area contributed by atoms with Crippen molar-refractivity contribution >= 4 is 42.7 Å². The molecule has 3 heterocycles. The fourth-order valence-corrected chi connectivity index (χ4v) is 3.18. The van der Waals surface area contributed by atoms with Crippen molar-refractivity contribution in [3.8, 4) is 0 Å². The van der Waals surface area contributed by atoms with E-state index in [1.807, 2.05) is 6.20 Å². The molecule has 0 saturated heterocycles. The first-order valence-corrected chi connectivity index (χ1v) is 5.99. The van der Waals surface area contributed by atoms with Gasteiger partial charge in [-0.05, 0) is 18.2 Å². The molecule has 3 heteroatoms. The topological polar surface area (TPSA) is 28.7 Å². The number of nitrogens with one attached hydrogen (secondary N) is 1. The molecule has 16 heavy (non-hydrogen) atoms. The quantitative estimate of drug-likeness (QED) is 0.481. The van der Waals surface area contributed by atoms with Crippen LogP contribution in [0.1, 0.15) is 0 Å². The van der Waals surface area contributed by atoms with Crippen molar-refractivity contribution in [2.45, 2.75) is 0 Å². The summed E-state index contributed by atoms with van der Waals surface area (Å²) in [5.74, 6) is 0. The Labute approximate surface area is 95.5 Å². The molecule has 0 atom stereocenters. The van der Waals surface area contributed by atoms with E-state index in [1.165, 1.54) is 20.9 Å². The lowest BCUT2D eigenvalue weighted by Crippen LogP contribution is -1.75. The van der Waals surface area contributed by atoms with E-state index in [0.717, 1.165) is 10.5 Å². The molecule has 0 saturated carbocycles. The van der Waals surface area contributed by atoms with Crippen LogP contribution in [0.3, 0.4) is 0 Å². The molecule has 4 aromatic rings. The number of pyridine rings is 1. The molecule has 4 rings (SSSR count). The van der Waals surface area contributed by atoms with Gasteiger partial charge in [-0.2, -0.15) is 0 Å². The molecule has 0 unspecified atom stereocenters. The van der Waals surface area contributed by atoms with Crippen LogP contribution >= 0.6 is 11.3 Å². The van der Waals surface area contributed by atoms with Crippen LogP contribution in [0.15, 0.2) is 42.6 Å². The molecule has 1 N–H and O–H groups in total. The van der Waals surface area contributed by atoms with Crippen LogP contribution in [-0.2, 0) is 0 Å². The van der Waals surface area contributed by atoms with Gasteiger partial charge in [0, 0.05) is 27.1 Å². The maximum Gasteiger partial charge on any atom is 0.138 e. The number of benzene rings is 1. The van der Waals surface area contributed by atoms with Crippen LogP contribution in [0, 0.1) is 0 Å². The van der Waals surface area contributed by atoms with Gasteiger partial charge in [0.2, 0.25) is 0 Å². The normalized spacial score (nSPS) is 11.8. The number of hydrogen-bond acceptors (Lipinski definition) is 2. The number of aromatic amines is 1. The molecule has 0 bridgehead atoms. The minimum atomic E-state index is 0.971. The largest absolute Gasteiger partial charge is 0.346 e. The fraction of sp³-hybridized carbons (Fsp3) is 0. The SMILES string of the molecule is c1ccc2c(c1)sc1nc3[nH]ccc3cc12. The van der Waals surface area contributed by atoms with Gasteiger partial charge in [-0.15, -0.1) is 11.3 Å². The average Bonchev–Trinajstić information content (AvgIpc) is 2.88. The van der Waals surface area contributed by atoms with E-state index in [2.05, 4.69) is 46.4 Å². The van der Waals surface area contributed by atoms with E-state index in [4.69, 9.17) is 0 Å². The summed E-state index contributed by atoms with van der Waals surface area (Å²) in [6.45, 7) is 0.